The van der Waals surface area contributed by atoms with Crippen molar-refractivity contribution >= 4 is 27.5 Å². The Hall–Kier alpha value is -1.61. The van der Waals surface area contributed by atoms with E-state index >= 15 is 0 Å². The molecule has 0 atom stereocenters. The minimum Gasteiger partial charge on any atom is -0.322 e. The van der Waals surface area contributed by atoms with E-state index in [4.69, 9.17) is 0 Å². The lowest BCUT2D eigenvalue weighted by Gasteiger charge is -2.05. The molecular weight excluding hydrogens is 278 g/mol. The molecule has 0 saturated heterocycles. The van der Waals surface area contributed by atoms with Gasteiger partial charge in [-0.2, -0.15) is 0 Å². The van der Waals surface area contributed by atoms with Crippen LogP contribution in [0.5, 0.6) is 0 Å². The number of nitrogens with one attached hydrogen (secondary N) is 1. The minimum atomic E-state index is -0.0904. The lowest BCUT2D eigenvalue weighted by Crippen LogP contribution is -2.11. The number of aryl methyl sites for hydroxylation is 1. The van der Waals surface area contributed by atoms with Gasteiger partial charge in [-0.15, -0.1) is 0 Å². The monoisotopic (exact) mass is 289 g/mol. The highest BCUT2D eigenvalue weighted by atomic mass is 79.9. The fourth-order valence-corrected chi connectivity index (χ4v) is 1.71. The highest BCUT2D eigenvalue weighted by Crippen LogP contribution is 2.15. The fraction of sp³-hybridized carbons (Fsp3) is 0.0714. The molecule has 0 aliphatic rings. The fourth-order valence-electron chi connectivity index (χ4n) is 1.44. The second-order valence-electron chi connectivity index (χ2n) is 3.83. The van der Waals surface area contributed by atoms with Crippen LogP contribution in [0.15, 0.2) is 53.0 Å². The zero-order valence-electron chi connectivity index (χ0n) is 9.41. The van der Waals surface area contributed by atoms with Crippen molar-refractivity contribution in [3.05, 3.63) is 64.1 Å². The largest absolute Gasteiger partial charge is 0.322 e. The van der Waals surface area contributed by atoms with E-state index in [1.807, 2.05) is 55.5 Å². The number of hydrogen-bond donors (Lipinski definition) is 1. The maximum absolute atomic E-state index is 11.9. The van der Waals surface area contributed by atoms with Gasteiger partial charge in [0, 0.05) is 15.7 Å². The van der Waals surface area contributed by atoms with E-state index in [1.54, 1.807) is 0 Å². The normalized spacial score (nSPS) is 10.0. The molecule has 0 unspecified atom stereocenters. The SMILES string of the molecule is Cc1ccc(C(=O)Nc2ccc(Br)cc2)cc1. The zero-order valence-corrected chi connectivity index (χ0v) is 11.0. The Bertz CT molecular complexity index is 517. The standard InChI is InChI=1S/C14H12BrNO/c1-10-2-4-11(5-3-10)14(17)16-13-8-6-12(15)7-9-13/h2-9H,1H3,(H,16,17). The number of anilines is 1. The number of rotatable bonds is 2. The van der Waals surface area contributed by atoms with E-state index in [2.05, 4.69) is 21.2 Å². The summed E-state index contributed by atoms with van der Waals surface area (Å²) in [4.78, 5) is 11.9. The molecule has 0 bridgehead atoms. The highest BCUT2D eigenvalue weighted by Gasteiger charge is 2.04. The summed E-state index contributed by atoms with van der Waals surface area (Å²) < 4.78 is 0.992. The van der Waals surface area contributed by atoms with Crippen LogP contribution in [0.4, 0.5) is 5.69 Å². The number of amides is 1. The number of hydrogen-bond acceptors (Lipinski definition) is 1. The van der Waals surface area contributed by atoms with Crippen LogP contribution >= 0.6 is 15.9 Å². The molecule has 0 aliphatic heterocycles. The predicted octanol–water partition coefficient (Wildman–Crippen LogP) is 4.01. The number of carbonyl (C=O) groups excluding carboxylic acids is 1. The van der Waals surface area contributed by atoms with Gasteiger partial charge in [0.1, 0.15) is 0 Å². The Kier molecular flexibility index (Phi) is 3.59. The van der Waals surface area contributed by atoms with Gasteiger partial charge in [-0.05, 0) is 43.3 Å². The van der Waals surface area contributed by atoms with Gasteiger partial charge in [-0.3, -0.25) is 4.79 Å². The van der Waals surface area contributed by atoms with Crippen molar-refractivity contribution in [2.75, 3.05) is 5.32 Å². The Labute approximate surface area is 109 Å². The molecule has 17 heavy (non-hydrogen) atoms. The van der Waals surface area contributed by atoms with Crippen LogP contribution in [0.3, 0.4) is 0 Å². The predicted molar refractivity (Wildman–Crippen MR) is 73.3 cm³/mol. The lowest BCUT2D eigenvalue weighted by atomic mass is 10.1. The molecule has 0 fully saturated rings. The van der Waals surface area contributed by atoms with Gasteiger partial charge in [0.05, 0.1) is 0 Å². The van der Waals surface area contributed by atoms with Gasteiger partial charge >= 0.3 is 0 Å². The van der Waals surface area contributed by atoms with Crippen molar-refractivity contribution in [2.45, 2.75) is 6.92 Å². The maximum atomic E-state index is 11.9. The molecule has 2 aromatic carbocycles. The molecule has 2 nitrogen and oxygen atoms in total. The summed E-state index contributed by atoms with van der Waals surface area (Å²) in [5.41, 5.74) is 2.60. The summed E-state index contributed by atoms with van der Waals surface area (Å²) in [5.74, 6) is -0.0904. The van der Waals surface area contributed by atoms with Gasteiger partial charge in [0.2, 0.25) is 0 Å². The maximum Gasteiger partial charge on any atom is 0.255 e. The molecule has 2 rings (SSSR count). The molecule has 86 valence electrons. The molecule has 3 heteroatoms. The van der Waals surface area contributed by atoms with E-state index in [9.17, 15) is 4.79 Å². The molecular formula is C14H12BrNO. The lowest BCUT2D eigenvalue weighted by molar-refractivity contribution is 0.102. The summed E-state index contributed by atoms with van der Waals surface area (Å²) in [7, 11) is 0. The summed E-state index contributed by atoms with van der Waals surface area (Å²) >= 11 is 3.35. The Balaban J connectivity index is 2.11. The molecule has 1 amide bonds. The third-order valence-corrected chi connectivity index (χ3v) is 2.94. The average molecular weight is 290 g/mol. The van der Waals surface area contributed by atoms with Crippen molar-refractivity contribution in [1.82, 2.24) is 0 Å². The molecule has 0 aliphatic carbocycles. The Morgan fingerprint density at radius 3 is 2.18 bits per heavy atom. The molecule has 0 spiro atoms. The van der Waals surface area contributed by atoms with Crippen molar-refractivity contribution in [1.29, 1.82) is 0 Å². The highest BCUT2D eigenvalue weighted by molar-refractivity contribution is 9.10. The average Bonchev–Trinajstić information content (AvgIpc) is 2.33. The van der Waals surface area contributed by atoms with Crippen LogP contribution in [0, 0.1) is 6.92 Å². The Morgan fingerprint density at radius 1 is 1.00 bits per heavy atom. The number of halogens is 1. The second-order valence-corrected chi connectivity index (χ2v) is 4.74. The van der Waals surface area contributed by atoms with Gasteiger partial charge in [0.25, 0.3) is 5.91 Å². The summed E-state index contributed by atoms with van der Waals surface area (Å²) in [6.07, 6.45) is 0. The van der Waals surface area contributed by atoms with Crippen molar-refractivity contribution in [2.24, 2.45) is 0 Å². The molecule has 0 radical (unpaired) electrons. The summed E-state index contributed by atoms with van der Waals surface area (Å²) in [6.45, 7) is 2.00. The molecule has 0 heterocycles. The van der Waals surface area contributed by atoms with Crippen molar-refractivity contribution in [3.63, 3.8) is 0 Å². The quantitative estimate of drug-likeness (QED) is 0.889. The Morgan fingerprint density at radius 2 is 1.59 bits per heavy atom. The van der Waals surface area contributed by atoms with Gasteiger partial charge < -0.3 is 5.32 Å². The van der Waals surface area contributed by atoms with Crippen molar-refractivity contribution < 1.29 is 4.79 Å². The van der Waals surface area contributed by atoms with Gasteiger partial charge in [-0.25, -0.2) is 0 Å². The zero-order chi connectivity index (χ0) is 12.3. The smallest absolute Gasteiger partial charge is 0.255 e. The first-order valence-electron chi connectivity index (χ1n) is 5.29. The summed E-state index contributed by atoms with van der Waals surface area (Å²) in [6, 6.07) is 15.0. The number of benzene rings is 2. The molecule has 2 aromatic rings. The molecule has 1 N–H and O–H groups in total. The van der Waals surface area contributed by atoms with Crippen LogP contribution in [0.25, 0.3) is 0 Å². The summed E-state index contributed by atoms with van der Waals surface area (Å²) in [5, 5.41) is 2.85. The van der Waals surface area contributed by atoms with Crippen LogP contribution in [-0.2, 0) is 0 Å². The van der Waals surface area contributed by atoms with Crippen LogP contribution in [0.2, 0.25) is 0 Å². The third kappa shape index (κ3) is 3.17. The van der Waals surface area contributed by atoms with E-state index in [-0.39, 0.29) is 5.91 Å². The van der Waals surface area contributed by atoms with E-state index in [0.29, 0.717) is 5.56 Å². The van der Waals surface area contributed by atoms with E-state index in [1.165, 1.54) is 0 Å². The van der Waals surface area contributed by atoms with E-state index < -0.39 is 0 Å². The van der Waals surface area contributed by atoms with Gasteiger partial charge in [0.15, 0.2) is 0 Å². The third-order valence-electron chi connectivity index (χ3n) is 2.42. The van der Waals surface area contributed by atoms with Crippen LogP contribution in [0.1, 0.15) is 15.9 Å². The topological polar surface area (TPSA) is 29.1 Å². The molecule has 0 aromatic heterocycles. The second kappa shape index (κ2) is 5.15. The first kappa shape index (κ1) is 11.9. The van der Waals surface area contributed by atoms with E-state index in [0.717, 1.165) is 15.7 Å². The van der Waals surface area contributed by atoms with Crippen LogP contribution in [-0.4, -0.2) is 5.91 Å². The van der Waals surface area contributed by atoms with Gasteiger partial charge in [-0.1, -0.05) is 33.6 Å². The van der Waals surface area contributed by atoms with Crippen molar-refractivity contribution in [3.8, 4) is 0 Å². The molecule has 0 saturated carbocycles. The minimum absolute atomic E-state index is 0.0904. The first-order valence-corrected chi connectivity index (χ1v) is 6.08. The van der Waals surface area contributed by atoms with Crippen LogP contribution < -0.4 is 5.32 Å². The first-order chi connectivity index (χ1) is 8.15. The number of carbonyl (C=O) groups is 1.